The lowest BCUT2D eigenvalue weighted by Crippen LogP contribution is -2.43. The number of nitro groups is 1. The van der Waals surface area contributed by atoms with Gasteiger partial charge < -0.3 is 20.9 Å². The molecule has 114 valence electrons. The number of piperidine rings is 1. The molecule has 21 heavy (non-hydrogen) atoms. The number of rotatable bonds is 4. The second-order valence-electron chi connectivity index (χ2n) is 4.83. The van der Waals surface area contributed by atoms with Crippen LogP contribution in [0.4, 0.5) is 11.5 Å². The van der Waals surface area contributed by atoms with Crippen LogP contribution in [0.2, 0.25) is 0 Å². The number of nitrogens with zero attached hydrogens (tertiary/aromatic N) is 4. The molecule has 0 aromatic carbocycles. The summed E-state index contributed by atoms with van der Waals surface area (Å²) in [5.41, 5.74) is 5.55. The van der Waals surface area contributed by atoms with Crippen LogP contribution in [0.15, 0.2) is 17.4 Å². The van der Waals surface area contributed by atoms with E-state index in [1.807, 2.05) is 4.90 Å². The van der Waals surface area contributed by atoms with Gasteiger partial charge in [0.1, 0.15) is 12.0 Å². The van der Waals surface area contributed by atoms with Gasteiger partial charge in [0.05, 0.1) is 23.1 Å². The Labute approximate surface area is 120 Å². The second kappa shape index (κ2) is 6.35. The number of hydrogen-bond donors (Lipinski definition) is 3. The first-order valence-electron chi connectivity index (χ1n) is 6.58. The maximum absolute atomic E-state index is 10.8. The zero-order chi connectivity index (χ0) is 15.4. The molecule has 9 nitrogen and oxygen atoms in total. The third-order valence-electron chi connectivity index (χ3n) is 3.56. The van der Waals surface area contributed by atoms with Crippen molar-refractivity contribution in [2.24, 2.45) is 10.9 Å². The Morgan fingerprint density at radius 2 is 2.38 bits per heavy atom. The first kappa shape index (κ1) is 15.0. The van der Waals surface area contributed by atoms with Gasteiger partial charge in [0.15, 0.2) is 5.84 Å². The molecule has 4 N–H and O–H groups in total. The quantitative estimate of drug-likeness (QED) is 0.241. The van der Waals surface area contributed by atoms with Gasteiger partial charge in [-0.05, 0) is 19.3 Å². The Kier molecular flexibility index (Phi) is 4.53. The van der Waals surface area contributed by atoms with E-state index in [9.17, 15) is 15.2 Å². The molecule has 1 unspecified atom stereocenters. The molecule has 1 saturated heterocycles. The third-order valence-corrected chi connectivity index (χ3v) is 3.56. The lowest BCUT2D eigenvalue weighted by atomic mass is 10.0. The average Bonchev–Trinajstić information content (AvgIpc) is 2.53. The number of anilines is 1. The lowest BCUT2D eigenvalue weighted by molar-refractivity contribution is -0.385. The van der Waals surface area contributed by atoms with Gasteiger partial charge in [-0.3, -0.25) is 10.1 Å². The maximum atomic E-state index is 10.8. The highest BCUT2D eigenvalue weighted by atomic mass is 16.6. The number of aliphatic hydroxyl groups is 1. The number of nitrogens with two attached hydrogens (primary N) is 1. The van der Waals surface area contributed by atoms with Crippen LogP contribution in [-0.4, -0.2) is 45.3 Å². The molecule has 1 fully saturated rings. The highest BCUT2D eigenvalue weighted by Gasteiger charge is 2.27. The van der Waals surface area contributed by atoms with E-state index in [1.165, 1.54) is 6.07 Å². The predicted molar refractivity (Wildman–Crippen MR) is 75.5 cm³/mol. The summed E-state index contributed by atoms with van der Waals surface area (Å²) in [6.07, 6.45) is 3.84. The molecule has 1 aliphatic heterocycles. The Balaban J connectivity index is 2.48. The van der Waals surface area contributed by atoms with E-state index in [0.29, 0.717) is 12.4 Å². The van der Waals surface area contributed by atoms with Crippen molar-refractivity contribution in [3.8, 4) is 0 Å². The van der Waals surface area contributed by atoms with E-state index in [1.54, 1.807) is 0 Å². The van der Waals surface area contributed by atoms with Crippen LogP contribution in [0.1, 0.15) is 24.8 Å². The third kappa shape index (κ3) is 3.02. The maximum Gasteiger partial charge on any atom is 0.288 e. The van der Waals surface area contributed by atoms with Crippen LogP contribution >= 0.6 is 0 Å². The molecular formula is C12H17N5O4. The number of amidine groups is 1. The predicted octanol–water partition coefficient (Wildman–Crippen LogP) is 0.435. The van der Waals surface area contributed by atoms with Gasteiger partial charge in [-0.25, -0.2) is 4.98 Å². The topological polar surface area (TPSA) is 138 Å². The Morgan fingerprint density at radius 1 is 1.62 bits per heavy atom. The summed E-state index contributed by atoms with van der Waals surface area (Å²) in [4.78, 5) is 16.2. The van der Waals surface area contributed by atoms with Crippen molar-refractivity contribution in [1.29, 1.82) is 0 Å². The summed E-state index contributed by atoms with van der Waals surface area (Å²) in [6.45, 7) is 0.607. The number of pyridine rings is 1. The molecule has 2 rings (SSSR count). The van der Waals surface area contributed by atoms with Crippen molar-refractivity contribution >= 4 is 17.3 Å². The van der Waals surface area contributed by atoms with E-state index in [-0.39, 0.29) is 29.7 Å². The minimum absolute atomic E-state index is 0.0473. The fourth-order valence-corrected chi connectivity index (χ4v) is 2.49. The molecule has 0 bridgehead atoms. The lowest BCUT2D eigenvalue weighted by Gasteiger charge is -2.36. The number of aliphatic hydroxyl groups excluding tert-OH is 1. The molecule has 1 aliphatic rings. The van der Waals surface area contributed by atoms with Crippen molar-refractivity contribution in [3.63, 3.8) is 0 Å². The van der Waals surface area contributed by atoms with Crippen molar-refractivity contribution < 1.29 is 15.2 Å². The van der Waals surface area contributed by atoms with Gasteiger partial charge in [0.25, 0.3) is 5.69 Å². The van der Waals surface area contributed by atoms with Crippen LogP contribution < -0.4 is 10.6 Å². The molecule has 0 spiro atoms. The van der Waals surface area contributed by atoms with Crippen molar-refractivity contribution in [2.45, 2.75) is 25.3 Å². The number of aromatic nitrogens is 1. The zero-order valence-corrected chi connectivity index (χ0v) is 11.3. The SMILES string of the molecule is NC(=NO)c1cc([N+](=O)[O-])cnc1N1CCCCC1CO. The number of hydrogen-bond acceptors (Lipinski definition) is 7. The van der Waals surface area contributed by atoms with Crippen LogP contribution in [0.3, 0.4) is 0 Å². The fraction of sp³-hybridized carbons (Fsp3) is 0.500. The van der Waals surface area contributed by atoms with Crippen molar-refractivity contribution in [1.82, 2.24) is 4.98 Å². The molecule has 1 aromatic rings. The summed E-state index contributed by atoms with van der Waals surface area (Å²) < 4.78 is 0. The summed E-state index contributed by atoms with van der Waals surface area (Å²) in [5.74, 6) is 0.137. The molecule has 0 aliphatic carbocycles. The van der Waals surface area contributed by atoms with Gasteiger partial charge in [0, 0.05) is 12.6 Å². The number of oxime groups is 1. The first-order chi connectivity index (χ1) is 10.1. The second-order valence-corrected chi connectivity index (χ2v) is 4.83. The van der Waals surface area contributed by atoms with Crippen molar-refractivity contribution in [3.05, 3.63) is 27.9 Å². The monoisotopic (exact) mass is 295 g/mol. The normalized spacial score (nSPS) is 19.6. The molecule has 0 saturated carbocycles. The van der Waals surface area contributed by atoms with E-state index in [4.69, 9.17) is 10.9 Å². The van der Waals surface area contributed by atoms with Crippen LogP contribution in [0.5, 0.6) is 0 Å². The molecule has 2 heterocycles. The Bertz CT molecular complexity index is 563. The average molecular weight is 295 g/mol. The molecule has 1 aromatic heterocycles. The van der Waals surface area contributed by atoms with Gasteiger partial charge >= 0.3 is 0 Å². The van der Waals surface area contributed by atoms with E-state index in [2.05, 4.69) is 10.1 Å². The van der Waals surface area contributed by atoms with E-state index in [0.717, 1.165) is 25.5 Å². The van der Waals surface area contributed by atoms with Crippen LogP contribution in [-0.2, 0) is 0 Å². The summed E-state index contributed by atoms with van der Waals surface area (Å²) in [5, 5.41) is 32.1. The fourth-order valence-electron chi connectivity index (χ4n) is 2.49. The summed E-state index contributed by atoms with van der Waals surface area (Å²) in [7, 11) is 0. The summed E-state index contributed by atoms with van der Waals surface area (Å²) in [6, 6.07) is 1.10. The van der Waals surface area contributed by atoms with Crippen molar-refractivity contribution in [2.75, 3.05) is 18.1 Å². The van der Waals surface area contributed by atoms with Gasteiger partial charge in [-0.1, -0.05) is 5.16 Å². The minimum atomic E-state index is -0.593. The zero-order valence-electron chi connectivity index (χ0n) is 11.3. The smallest absolute Gasteiger partial charge is 0.288 e. The highest BCUT2D eigenvalue weighted by molar-refractivity contribution is 6.02. The molecule has 9 heteroatoms. The van der Waals surface area contributed by atoms with E-state index < -0.39 is 4.92 Å². The summed E-state index contributed by atoms with van der Waals surface area (Å²) >= 11 is 0. The first-order valence-corrected chi connectivity index (χ1v) is 6.58. The van der Waals surface area contributed by atoms with Gasteiger partial charge in [0.2, 0.25) is 0 Å². The molecule has 0 radical (unpaired) electrons. The molecular weight excluding hydrogens is 278 g/mol. The standard InChI is InChI=1S/C12H17N5O4/c13-11(15-19)10-5-9(17(20)21)6-14-12(10)16-4-2-1-3-8(16)7-18/h5-6,8,18-19H,1-4,7H2,(H2,13,15). The highest BCUT2D eigenvalue weighted by Crippen LogP contribution is 2.28. The van der Waals surface area contributed by atoms with Crippen LogP contribution in [0, 0.1) is 10.1 Å². The molecule has 1 atom stereocenters. The largest absolute Gasteiger partial charge is 0.409 e. The Hall–Kier alpha value is -2.42. The van der Waals surface area contributed by atoms with Gasteiger partial charge in [-0.2, -0.15) is 0 Å². The Morgan fingerprint density at radius 3 is 3.00 bits per heavy atom. The minimum Gasteiger partial charge on any atom is -0.409 e. The van der Waals surface area contributed by atoms with Gasteiger partial charge in [-0.15, -0.1) is 0 Å². The van der Waals surface area contributed by atoms with Crippen LogP contribution in [0.25, 0.3) is 0 Å². The molecule has 0 amide bonds. The van der Waals surface area contributed by atoms with E-state index >= 15 is 0 Å².